The zero-order chi connectivity index (χ0) is 13.9. The lowest BCUT2D eigenvalue weighted by atomic mass is 9.96. The fourth-order valence-corrected chi connectivity index (χ4v) is 3.23. The van der Waals surface area contributed by atoms with Crippen LogP contribution in [0.25, 0.3) is 10.9 Å². The maximum Gasteiger partial charge on any atom is 0.239 e. The van der Waals surface area contributed by atoms with Gasteiger partial charge in [0.05, 0.1) is 0 Å². The maximum atomic E-state index is 12.1. The first-order valence-corrected chi connectivity index (χ1v) is 7.67. The van der Waals surface area contributed by atoms with E-state index in [0.717, 1.165) is 25.8 Å². The molecule has 20 heavy (non-hydrogen) atoms. The number of hydrogen-bond acceptors (Lipinski definition) is 1. The van der Waals surface area contributed by atoms with Crippen LogP contribution in [0.2, 0.25) is 0 Å². The predicted octanol–water partition coefficient (Wildman–Crippen LogP) is 3.05. The molecular weight excluding hydrogens is 248 g/mol. The summed E-state index contributed by atoms with van der Waals surface area (Å²) < 4.78 is 2.23. The van der Waals surface area contributed by atoms with Crippen LogP contribution in [0.3, 0.4) is 0 Å². The summed E-state index contributed by atoms with van der Waals surface area (Å²) in [6, 6.07) is 8.49. The standard InChI is InChI=1S/C17H22N2O/c1-2-11-18-17(20)12-19-15-9-5-3-7-13(15)14-8-4-6-10-16(14)19/h3,5,7,9H,2,4,6,8,10-12H2,1H3,(H,18,20). The number of carbonyl (C=O) groups excluding carboxylic acids is 1. The van der Waals surface area contributed by atoms with Gasteiger partial charge in [0.1, 0.15) is 6.54 Å². The number of nitrogens with zero attached hydrogens (tertiary/aromatic N) is 1. The number of amides is 1. The van der Waals surface area contributed by atoms with Crippen molar-refractivity contribution in [3.63, 3.8) is 0 Å². The Balaban J connectivity index is 1.99. The molecule has 1 aliphatic carbocycles. The molecule has 0 unspecified atom stereocenters. The SMILES string of the molecule is CCCNC(=O)Cn1c2c(c3ccccc31)CCCC2. The van der Waals surface area contributed by atoms with E-state index >= 15 is 0 Å². The highest BCUT2D eigenvalue weighted by Crippen LogP contribution is 2.31. The largest absolute Gasteiger partial charge is 0.355 e. The molecule has 1 amide bonds. The van der Waals surface area contributed by atoms with Crippen molar-refractivity contribution >= 4 is 16.8 Å². The third-order valence-electron chi connectivity index (χ3n) is 4.16. The molecule has 3 rings (SSSR count). The number of aromatic nitrogens is 1. The Labute approximate surface area is 120 Å². The Kier molecular flexibility index (Phi) is 3.77. The molecule has 1 aromatic heterocycles. The highest BCUT2D eigenvalue weighted by atomic mass is 16.1. The highest BCUT2D eigenvalue weighted by Gasteiger charge is 2.20. The zero-order valence-corrected chi connectivity index (χ0v) is 12.1. The number of nitrogens with one attached hydrogen (secondary N) is 1. The van der Waals surface area contributed by atoms with E-state index in [0.29, 0.717) is 6.54 Å². The summed E-state index contributed by atoms with van der Waals surface area (Å²) in [5.41, 5.74) is 4.06. The summed E-state index contributed by atoms with van der Waals surface area (Å²) in [4.78, 5) is 12.1. The van der Waals surface area contributed by atoms with Gasteiger partial charge < -0.3 is 9.88 Å². The van der Waals surface area contributed by atoms with Crippen LogP contribution in [0, 0.1) is 0 Å². The first kappa shape index (κ1) is 13.2. The average Bonchev–Trinajstić information content (AvgIpc) is 2.80. The van der Waals surface area contributed by atoms with Crippen molar-refractivity contribution in [3.8, 4) is 0 Å². The minimum atomic E-state index is 0.126. The maximum absolute atomic E-state index is 12.1. The van der Waals surface area contributed by atoms with Crippen LogP contribution in [0.15, 0.2) is 24.3 Å². The smallest absolute Gasteiger partial charge is 0.239 e. The summed E-state index contributed by atoms with van der Waals surface area (Å²) in [6.07, 6.45) is 5.74. The van der Waals surface area contributed by atoms with Crippen LogP contribution < -0.4 is 5.32 Å². The first-order valence-electron chi connectivity index (χ1n) is 7.67. The van der Waals surface area contributed by atoms with E-state index in [4.69, 9.17) is 0 Å². The summed E-state index contributed by atoms with van der Waals surface area (Å²) in [6.45, 7) is 3.29. The molecule has 0 bridgehead atoms. The van der Waals surface area contributed by atoms with Crippen molar-refractivity contribution in [1.29, 1.82) is 0 Å². The van der Waals surface area contributed by atoms with Gasteiger partial charge in [-0.05, 0) is 43.7 Å². The molecule has 0 aliphatic heterocycles. The fourth-order valence-electron chi connectivity index (χ4n) is 3.23. The van der Waals surface area contributed by atoms with Gasteiger partial charge in [-0.15, -0.1) is 0 Å². The average molecular weight is 270 g/mol. The molecule has 0 fully saturated rings. The van der Waals surface area contributed by atoms with Crippen LogP contribution in [-0.4, -0.2) is 17.0 Å². The Hall–Kier alpha value is -1.77. The molecule has 0 saturated heterocycles. The molecular formula is C17H22N2O. The number of hydrogen-bond donors (Lipinski definition) is 1. The fraction of sp³-hybridized carbons (Fsp3) is 0.471. The van der Waals surface area contributed by atoms with Crippen molar-refractivity contribution < 1.29 is 4.79 Å². The lowest BCUT2D eigenvalue weighted by Crippen LogP contribution is -2.28. The number of rotatable bonds is 4. The number of para-hydroxylation sites is 1. The van der Waals surface area contributed by atoms with Crippen LogP contribution in [-0.2, 0) is 24.2 Å². The van der Waals surface area contributed by atoms with Crippen molar-refractivity contribution in [2.24, 2.45) is 0 Å². The van der Waals surface area contributed by atoms with Gasteiger partial charge in [0, 0.05) is 23.1 Å². The summed E-state index contributed by atoms with van der Waals surface area (Å²) in [7, 11) is 0. The normalized spacial score (nSPS) is 14.2. The number of aryl methyl sites for hydroxylation is 1. The van der Waals surface area contributed by atoms with Gasteiger partial charge in [-0.2, -0.15) is 0 Å². The molecule has 0 radical (unpaired) electrons. The summed E-state index contributed by atoms with van der Waals surface area (Å²) in [5.74, 6) is 0.126. The highest BCUT2D eigenvalue weighted by molar-refractivity contribution is 5.88. The van der Waals surface area contributed by atoms with Crippen LogP contribution in [0.5, 0.6) is 0 Å². The van der Waals surface area contributed by atoms with E-state index in [1.807, 2.05) is 0 Å². The van der Waals surface area contributed by atoms with Gasteiger partial charge in [0.15, 0.2) is 0 Å². The molecule has 2 aromatic rings. The minimum absolute atomic E-state index is 0.126. The van der Waals surface area contributed by atoms with Gasteiger partial charge >= 0.3 is 0 Å². The lowest BCUT2D eigenvalue weighted by molar-refractivity contribution is -0.121. The Bertz CT molecular complexity index is 627. The number of fused-ring (bicyclic) bond motifs is 3. The van der Waals surface area contributed by atoms with E-state index in [2.05, 4.69) is 41.1 Å². The van der Waals surface area contributed by atoms with Crippen molar-refractivity contribution in [2.45, 2.75) is 45.6 Å². The van der Waals surface area contributed by atoms with Gasteiger partial charge in [0.2, 0.25) is 5.91 Å². The van der Waals surface area contributed by atoms with E-state index in [9.17, 15) is 4.79 Å². The van der Waals surface area contributed by atoms with E-state index < -0.39 is 0 Å². The Morgan fingerprint density at radius 1 is 1.25 bits per heavy atom. The van der Waals surface area contributed by atoms with Crippen LogP contribution in [0.4, 0.5) is 0 Å². The molecule has 3 heteroatoms. The molecule has 1 aromatic carbocycles. The monoisotopic (exact) mass is 270 g/mol. The van der Waals surface area contributed by atoms with Crippen LogP contribution in [0.1, 0.15) is 37.4 Å². The van der Waals surface area contributed by atoms with E-state index in [-0.39, 0.29) is 5.91 Å². The van der Waals surface area contributed by atoms with Gasteiger partial charge in [-0.3, -0.25) is 4.79 Å². The third kappa shape index (κ3) is 2.33. The Morgan fingerprint density at radius 2 is 2.05 bits per heavy atom. The molecule has 1 heterocycles. The second-order valence-corrected chi connectivity index (χ2v) is 5.59. The lowest BCUT2D eigenvalue weighted by Gasteiger charge is -2.15. The van der Waals surface area contributed by atoms with E-state index in [1.54, 1.807) is 0 Å². The molecule has 0 atom stereocenters. The van der Waals surface area contributed by atoms with Gasteiger partial charge in [0.25, 0.3) is 0 Å². The number of benzene rings is 1. The second kappa shape index (κ2) is 5.70. The quantitative estimate of drug-likeness (QED) is 0.910. The van der Waals surface area contributed by atoms with Crippen LogP contribution >= 0.6 is 0 Å². The van der Waals surface area contributed by atoms with Crippen molar-refractivity contribution in [3.05, 3.63) is 35.5 Å². The van der Waals surface area contributed by atoms with E-state index in [1.165, 1.54) is 35.0 Å². The molecule has 0 saturated carbocycles. The molecule has 0 spiro atoms. The molecule has 106 valence electrons. The first-order chi connectivity index (χ1) is 9.81. The molecule has 1 aliphatic rings. The second-order valence-electron chi connectivity index (χ2n) is 5.59. The van der Waals surface area contributed by atoms with Crippen molar-refractivity contribution in [1.82, 2.24) is 9.88 Å². The number of carbonyl (C=O) groups is 1. The Morgan fingerprint density at radius 3 is 2.90 bits per heavy atom. The van der Waals surface area contributed by atoms with Gasteiger partial charge in [-0.25, -0.2) is 0 Å². The van der Waals surface area contributed by atoms with Crippen molar-refractivity contribution in [2.75, 3.05) is 6.54 Å². The minimum Gasteiger partial charge on any atom is -0.355 e. The zero-order valence-electron chi connectivity index (χ0n) is 12.1. The summed E-state index contributed by atoms with van der Waals surface area (Å²) in [5, 5.41) is 4.32. The summed E-state index contributed by atoms with van der Waals surface area (Å²) >= 11 is 0. The topological polar surface area (TPSA) is 34.0 Å². The molecule has 3 nitrogen and oxygen atoms in total. The molecule has 1 N–H and O–H groups in total. The predicted molar refractivity (Wildman–Crippen MR) is 81.9 cm³/mol. The third-order valence-corrected chi connectivity index (χ3v) is 4.16. The van der Waals surface area contributed by atoms with Gasteiger partial charge in [-0.1, -0.05) is 25.1 Å².